The van der Waals surface area contributed by atoms with Gasteiger partial charge in [-0.2, -0.15) is 0 Å². The first-order chi connectivity index (χ1) is 9.15. The van der Waals surface area contributed by atoms with Crippen molar-refractivity contribution in [1.29, 1.82) is 0 Å². The zero-order valence-electron chi connectivity index (χ0n) is 10.8. The molecule has 1 aliphatic rings. The molecule has 1 aromatic carbocycles. The Labute approximate surface area is 111 Å². The van der Waals surface area contributed by atoms with E-state index in [9.17, 15) is 4.39 Å². The molecule has 1 aromatic heterocycles. The van der Waals surface area contributed by atoms with Gasteiger partial charge in [0.05, 0.1) is 0 Å². The Morgan fingerprint density at radius 3 is 2.95 bits per heavy atom. The Bertz CT molecular complexity index is 610. The predicted molar refractivity (Wildman–Crippen MR) is 73.9 cm³/mol. The number of fused-ring (bicyclic) bond motifs is 1. The maximum atomic E-state index is 13.4. The summed E-state index contributed by atoms with van der Waals surface area (Å²) in [6.45, 7) is 2.77. The number of benzene rings is 1. The van der Waals surface area contributed by atoms with Crippen LogP contribution in [0.15, 0.2) is 36.5 Å². The van der Waals surface area contributed by atoms with Gasteiger partial charge in [0.25, 0.3) is 0 Å². The normalized spacial score (nSPS) is 15.4. The summed E-state index contributed by atoms with van der Waals surface area (Å²) in [5, 5.41) is 0. The molecule has 3 rings (SSSR count). The van der Waals surface area contributed by atoms with Gasteiger partial charge < -0.3 is 10.6 Å². The Morgan fingerprint density at radius 2 is 2.16 bits per heavy atom. The zero-order chi connectivity index (χ0) is 13.4. The van der Waals surface area contributed by atoms with Crippen LogP contribution in [0.1, 0.15) is 24.1 Å². The Morgan fingerprint density at radius 1 is 1.32 bits per heavy atom. The molecule has 0 aliphatic carbocycles. The summed E-state index contributed by atoms with van der Waals surface area (Å²) in [6, 6.07) is 8.79. The number of hydrogen-bond acceptors (Lipinski definition) is 3. The highest BCUT2D eigenvalue weighted by Crippen LogP contribution is 2.34. The lowest BCUT2D eigenvalue weighted by molar-refractivity contribution is 0.628. The van der Waals surface area contributed by atoms with E-state index < -0.39 is 0 Å². The summed E-state index contributed by atoms with van der Waals surface area (Å²) in [7, 11) is 0. The molecule has 2 N–H and O–H groups in total. The molecule has 0 amide bonds. The van der Waals surface area contributed by atoms with Crippen molar-refractivity contribution in [2.24, 2.45) is 5.73 Å². The van der Waals surface area contributed by atoms with Gasteiger partial charge in [0.15, 0.2) is 0 Å². The SMILES string of the molecule is CC(N)c1ccnc(N2CCc3ccc(F)cc32)c1. The maximum Gasteiger partial charge on any atom is 0.133 e. The third-order valence-corrected chi connectivity index (χ3v) is 3.51. The first-order valence-electron chi connectivity index (χ1n) is 6.42. The number of aromatic nitrogens is 1. The van der Waals surface area contributed by atoms with Gasteiger partial charge in [0.2, 0.25) is 0 Å². The van der Waals surface area contributed by atoms with E-state index >= 15 is 0 Å². The molecule has 3 nitrogen and oxygen atoms in total. The van der Waals surface area contributed by atoms with Crippen molar-refractivity contribution in [3.8, 4) is 0 Å². The van der Waals surface area contributed by atoms with Gasteiger partial charge >= 0.3 is 0 Å². The molecule has 4 heteroatoms. The van der Waals surface area contributed by atoms with Crippen LogP contribution in [0.25, 0.3) is 0 Å². The van der Waals surface area contributed by atoms with E-state index in [0.717, 1.165) is 35.6 Å². The molecule has 0 fully saturated rings. The summed E-state index contributed by atoms with van der Waals surface area (Å²) < 4.78 is 13.4. The molecular formula is C15H16FN3. The second-order valence-electron chi connectivity index (χ2n) is 4.91. The monoisotopic (exact) mass is 257 g/mol. The van der Waals surface area contributed by atoms with Crippen LogP contribution in [0.4, 0.5) is 15.9 Å². The molecule has 0 bridgehead atoms. The van der Waals surface area contributed by atoms with Crippen molar-refractivity contribution in [3.05, 3.63) is 53.5 Å². The molecule has 0 saturated heterocycles. The number of hydrogen-bond donors (Lipinski definition) is 1. The molecule has 1 unspecified atom stereocenters. The van der Waals surface area contributed by atoms with Gasteiger partial charge in [-0.05, 0) is 48.7 Å². The van der Waals surface area contributed by atoms with E-state index in [1.54, 1.807) is 12.3 Å². The zero-order valence-corrected chi connectivity index (χ0v) is 10.8. The van der Waals surface area contributed by atoms with Crippen molar-refractivity contribution < 1.29 is 4.39 Å². The third-order valence-electron chi connectivity index (χ3n) is 3.51. The van der Waals surface area contributed by atoms with Crippen molar-refractivity contribution in [2.45, 2.75) is 19.4 Å². The fourth-order valence-corrected chi connectivity index (χ4v) is 2.46. The highest BCUT2D eigenvalue weighted by Gasteiger charge is 2.22. The molecule has 0 spiro atoms. The first-order valence-corrected chi connectivity index (χ1v) is 6.42. The van der Waals surface area contributed by atoms with Crippen LogP contribution >= 0.6 is 0 Å². The van der Waals surface area contributed by atoms with Crippen LogP contribution in [0.5, 0.6) is 0 Å². The molecule has 0 radical (unpaired) electrons. The largest absolute Gasteiger partial charge is 0.326 e. The van der Waals surface area contributed by atoms with Gasteiger partial charge in [-0.25, -0.2) is 9.37 Å². The molecule has 2 aromatic rings. The van der Waals surface area contributed by atoms with Crippen LogP contribution in [-0.2, 0) is 6.42 Å². The summed E-state index contributed by atoms with van der Waals surface area (Å²) in [6.07, 6.45) is 2.67. The van der Waals surface area contributed by atoms with Crippen molar-refractivity contribution in [3.63, 3.8) is 0 Å². The summed E-state index contributed by atoms with van der Waals surface area (Å²) in [5.74, 6) is 0.619. The Kier molecular flexibility index (Phi) is 2.95. The fourth-order valence-electron chi connectivity index (χ4n) is 2.46. The summed E-state index contributed by atoms with van der Waals surface area (Å²) in [5.41, 5.74) is 9.00. The smallest absolute Gasteiger partial charge is 0.133 e. The van der Waals surface area contributed by atoms with Crippen molar-refractivity contribution in [1.82, 2.24) is 4.98 Å². The summed E-state index contributed by atoms with van der Waals surface area (Å²) >= 11 is 0. The standard InChI is InChI=1S/C15H16FN3/c1-10(17)12-4-6-18-15(8-12)19-7-5-11-2-3-13(16)9-14(11)19/h2-4,6,8-10H,5,7,17H2,1H3. The maximum absolute atomic E-state index is 13.4. The van der Waals surface area contributed by atoms with Crippen molar-refractivity contribution >= 4 is 11.5 Å². The van der Waals surface area contributed by atoms with Crippen molar-refractivity contribution in [2.75, 3.05) is 11.4 Å². The highest BCUT2D eigenvalue weighted by molar-refractivity contribution is 5.67. The fraction of sp³-hybridized carbons (Fsp3) is 0.267. The minimum Gasteiger partial charge on any atom is -0.326 e. The highest BCUT2D eigenvalue weighted by atomic mass is 19.1. The number of halogens is 1. The molecule has 1 atom stereocenters. The number of anilines is 2. The van der Waals surface area contributed by atoms with Crippen LogP contribution < -0.4 is 10.6 Å². The van der Waals surface area contributed by atoms with E-state index in [1.165, 1.54) is 6.07 Å². The average molecular weight is 257 g/mol. The van der Waals surface area contributed by atoms with Crippen LogP contribution in [0, 0.1) is 5.82 Å². The lowest BCUT2D eigenvalue weighted by atomic mass is 10.1. The van der Waals surface area contributed by atoms with Gasteiger partial charge in [-0.15, -0.1) is 0 Å². The Hall–Kier alpha value is -1.94. The number of pyridine rings is 1. The topological polar surface area (TPSA) is 42.1 Å². The number of nitrogens with two attached hydrogens (primary N) is 1. The quantitative estimate of drug-likeness (QED) is 0.899. The number of nitrogens with zero attached hydrogens (tertiary/aromatic N) is 2. The van der Waals surface area contributed by atoms with Gasteiger partial charge in [0, 0.05) is 24.5 Å². The lowest BCUT2D eigenvalue weighted by Crippen LogP contribution is -2.16. The van der Waals surface area contributed by atoms with Crippen LogP contribution in [0.3, 0.4) is 0 Å². The predicted octanol–water partition coefficient (Wildman–Crippen LogP) is 2.93. The molecular weight excluding hydrogens is 241 g/mol. The number of rotatable bonds is 2. The minimum atomic E-state index is -0.214. The molecule has 19 heavy (non-hydrogen) atoms. The van der Waals surface area contributed by atoms with E-state index in [2.05, 4.69) is 4.98 Å². The lowest BCUT2D eigenvalue weighted by Gasteiger charge is -2.19. The third kappa shape index (κ3) is 2.19. The molecule has 1 aliphatic heterocycles. The van der Waals surface area contributed by atoms with Crippen LogP contribution in [0.2, 0.25) is 0 Å². The van der Waals surface area contributed by atoms with E-state index in [0.29, 0.717) is 0 Å². The van der Waals surface area contributed by atoms with Gasteiger partial charge in [0.1, 0.15) is 11.6 Å². The second kappa shape index (κ2) is 4.63. The molecule has 2 heterocycles. The average Bonchev–Trinajstić information content (AvgIpc) is 2.81. The Balaban J connectivity index is 2.01. The van der Waals surface area contributed by atoms with E-state index in [-0.39, 0.29) is 11.9 Å². The summed E-state index contributed by atoms with van der Waals surface area (Å²) in [4.78, 5) is 6.43. The van der Waals surface area contributed by atoms with Gasteiger partial charge in [-0.1, -0.05) is 6.07 Å². The van der Waals surface area contributed by atoms with Crippen LogP contribution in [-0.4, -0.2) is 11.5 Å². The van der Waals surface area contributed by atoms with E-state index in [4.69, 9.17) is 5.73 Å². The first kappa shape index (κ1) is 12.1. The minimum absolute atomic E-state index is 0.0312. The molecule has 98 valence electrons. The molecule has 0 saturated carbocycles. The second-order valence-corrected chi connectivity index (χ2v) is 4.91. The van der Waals surface area contributed by atoms with E-state index in [1.807, 2.05) is 30.0 Å². The van der Waals surface area contributed by atoms with Gasteiger partial charge in [-0.3, -0.25) is 0 Å².